The first-order chi connectivity index (χ1) is 10.7. The van der Waals surface area contributed by atoms with Crippen LogP contribution < -0.4 is 0 Å². The highest BCUT2D eigenvalue weighted by atomic mass is 16.5. The molecule has 0 N–H and O–H groups in total. The standard InChI is InChI=1S/C20H30O2/c1-3-5-7-12-18(4-2)22-20(21)19(15-16-13-14-16)17-10-8-6-9-11-17/h6,8-11,16,18-19H,3-5,7,12-15H2,1-2H3. The quantitative estimate of drug-likeness (QED) is 0.423. The third-order valence-electron chi connectivity index (χ3n) is 4.62. The van der Waals surface area contributed by atoms with E-state index in [1.54, 1.807) is 0 Å². The maximum absolute atomic E-state index is 12.7. The molecule has 1 aromatic rings. The number of benzene rings is 1. The molecule has 1 aliphatic rings. The van der Waals surface area contributed by atoms with E-state index >= 15 is 0 Å². The van der Waals surface area contributed by atoms with Crippen LogP contribution in [0.5, 0.6) is 0 Å². The molecule has 1 aromatic carbocycles. The van der Waals surface area contributed by atoms with Gasteiger partial charge >= 0.3 is 5.97 Å². The number of hydrogen-bond acceptors (Lipinski definition) is 2. The Balaban J connectivity index is 1.95. The van der Waals surface area contributed by atoms with E-state index in [-0.39, 0.29) is 18.0 Å². The smallest absolute Gasteiger partial charge is 0.313 e. The molecule has 2 nitrogen and oxygen atoms in total. The second kappa shape index (κ2) is 8.97. The summed E-state index contributed by atoms with van der Waals surface area (Å²) in [6, 6.07) is 10.2. The summed E-state index contributed by atoms with van der Waals surface area (Å²) in [6.45, 7) is 4.32. The Hall–Kier alpha value is -1.31. The van der Waals surface area contributed by atoms with Crippen LogP contribution in [-0.2, 0) is 9.53 Å². The molecule has 122 valence electrons. The van der Waals surface area contributed by atoms with Crippen LogP contribution in [0, 0.1) is 5.92 Å². The van der Waals surface area contributed by atoms with Crippen molar-refractivity contribution in [1.29, 1.82) is 0 Å². The number of carbonyl (C=O) groups is 1. The summed E-state index contributed by atoms with van der Waals surface area (Å²) in [7, 11) is 0. The summed E-state index contributed by atoms with van der Waals surface area (Å²) in [5.74, 6) is 0.633. The van der Waals surface area contributed by atoms with Crippen LogP contribution in [0.4, 0.5) is 0 Å². The third-order valence-corrected chi connectivity index (χ3v) is 4.62. The predicted molar refractivity (Wildman–Crippen MR) is 90.8 cm³/mol. The second-order valence-electron chi connectivity index (χ2n) is 6.61. The molecule has 0 heterocycles. The second-order valence-corrected chi connectivity index (χ2v) is 6.61. The van der Waals surface area contributed by atoms with Gasteiger partial charge in [0.1, 0.15) is 6.10 Å². The van der Waals surface area contributed by atoms with Crippen LogP contribution in [-0.4, -0.2) is 12.1 Å². The van der Waals surface area contributed by atoms with Gasteiger partial charge in [-0.25, -0.2) is 0 Å². The van der Waals surface area contributed by atoms with Crippen molar-refractivity contribution in [1.82, 2.24) is 0 Å². The van der Waals surface area contributed by atoms with Crippen molar-refractivity contribution in [3.63, 3.8) is 0 Å². The lowest BCUT2D eigenvalue weighted by Gasteiger charge is -2.21. The molecule has 0 aromatic heterocycles. The Morgan fingerprint density at radius 3 is 2.50 bits per heavy atom. The van der Waals surface area contributed by atoms with Crippen LogP contribution in [0.3, 0.4) is 0 Å². The molecule has 0 saturated heterocycles. The van der Waals surface area contributed by atoms with E-state index < -0.39 is 0 Å². The number of ether oxygens (including phenoxy) is 1. The van der Waals surface area contributed by atoms with Crippen LogP contribution in [0.25, 0.3) is 0 Å². The molecule has 0 aliphatic heterocycles. The first kappa shape index (κ1) is 17.1. The number of carbonyl (C=O) groups excluding carboxylic acids is 1. The monoisotopic (exact) mass is 302 g/mol. The van der Waals surface area contributed by atoms with Crippen LogP contribution in [0.1, 0.15) is 76.7 Å². The van der Waals surface area contributed by atoms with Gasteiger partial charge in [-0.05, 0) is 37.2 Å². The Kier molecular flexibility index (Phi) is 6.95. The van der Waals surface area contributed by atoms with Crippen molar-refractivity contribution in [2.45, 2.75) is 77.2 Å². The van der Waals surface area contributed by atoms with Gasteiger partial charge < -0.3 is 4.74 Å². The zero-order valence-corrected chi connectivity index (χ0v) is 14.1. The predicted octanol–water partition coefficient (Wildman–Crippen LogP) is 5.47. The van der Waals surface area contributed by atoms with Crippen molar-refractivity contribution in [3.05, 3.63) is 35.9 Å². The van der Waals surface area contributed by atoms with E-state index in [2.05, 4.69) is 26.0 Å². The van der Waals surface area contributed by atoms with Crippen LogP contribution in [0.2, 0.25) is 0 Å². The first-order valence-electron chi connectivity index (χ1n) is 9.00. The lowest BCUT2D eigenvalue weighted by molar-refractivity contribution is -0.151. The highest BCUT2D eigenvalue weighted by molar-refractivity contribution is 5.78. The molecule has 2 rings (SSSR count). The summed E-state index contributed by atoms with van der Waals surface area (Å²) < 4.78 is 5.85. The van der Waals surface area contributed by atoms with E-state index in [1.807, 2.05) is 18.2 Å². The normalized spacial score (nSPS) is 17.0. The molecule has 0 amide bonds. The maximum Gasteiger partial charge on any atom is 0.313 e. The topological polar surface area (TPSA) is 26.3 Å². The zero-order valence-electron chi connectivity index (χ0n) is 14.1. The van der Waals surface area contributed by atoms with Crippen molar-refractivity contribution < 1.29 is 9.53 Å². The van der Waals surface area contributed by atoms with Crippen molar-refractivity contribution >= 4 is 5.97 Å². The molecule has 2 unspecified atom stereocenters. The Labute approximate surface area is 135 Å². The SMILES string of the molecule is CCCCCC(CC)OC(=O)C(CC1CC1)c1ccccc1. The van der Waals surface area contributed by atoms with Crippen LogP contribution in [0.15, 0.2) is 30.3 Å². The molecule has 0 radical (unpaired) electrons. The number of hydrogen-bond donors (Lipinski definition) is 0. The Morgan fingerprint density at radius 1 is 1.18 bits per heavy atom. The summed E-state index contributed by atoms with van der Waals surface area (Å²) in [6.07, 6.45) is 9.08. The summed E-state index contributed by atoms with van der Waals surface area (Å²) in [5, 5.41) is 0. The summed E-state index contributed by atoms with van der Waals surface area (Å²) in [4.78, 5) is 12.7. The Morgan fingerprint density at radius 2 is 1.91 bits per heavy atom. The van der Waals surface area contributed by atoms with Gasteiger partial charge in [0.15, 0.2) is 0 Å². The average Bonchev–Trinajstić information content (AvgIpc) is 3.36. The lowest BCUT2D eigenvalue weighted by atomic mass is 9.93. The molecule has 0 spiro atoms. The fourth-order valence-electron chi connectivity index (χ4n) is 2.96. The molecule has 1 aliphatic carbocycles. The van der Waals surface area contributed by atoms with Crippen molar-refractivity contribution in [3.8, 4) is 0 Å². The molecular formula is C20H30O2. The third kappa shape index (κ3) is 5.47. The van der Waals surface area contributed by atoms with E-state index in [0.717, 1.165) is 37.2 Å². The van der Waals surface area contributed by atoms with Gasteiger partial charge in [0.2, 0.25) is 0 Å². The van der Waals surface area contributed by atoms with Crippen molar-refractivity contribution in [2.24, 2.45) is 5.92 Å². The van der Waals surface area contributed by atoms with Gasteiger partial charge in [0, 0.05) is 0 Å². The van der Waals surface area contributed by atoms with Crippen LogP contribution >= 0.6 is 0 Å². The highest BCUT2D eigenvalue weighted by Crippen LogP contribution is 2.39. The maximum atomic E-state index is 12.7. The zero-order chi connectivity index (χ0) is 15.8. The highest BCUT2D eigenvalue weighted by Gasteiger charge is 2.32. The Bertz CT molecular complexity index is 436. The average molecular weight is 302 g/mol. The number of esters is 1. The molecule has 22 heavy (non-hydrogen) atoms. The van der Waals surface area contributed by atoms with E-state index in [9.17, 15) is 4.79 Å². The van der Waals surface area contributed by atoms with Gasteiger partial charge in [-0.2, -0.15) is 0 Å². The number of rotatable bonds is 10. The van der Waals surface area contributed by atoms with E-state index in [4.69, 9.17) is 4.74 Å². The molecule has 2 heteroatoms. The molecule has 2 atom stereocenters. The van der Waals surface area contributed by atoms with Gasteiger partial charge in [-0.3, -0.25) is 4.79 Å². The van der Waals surface area contributed by atoms with E-state index in [0.29, 0.717) is 0 Å². The minimum Gasteiger partial charge on any atom is -0.462 e. The van der Waals surface area contributed by atoms with E-state index in [1.165, 1.54) is 25.7 Å². The minimum absolute atomic E-state index is 0.0125. The molecule has 1 fully saturated rings. The summed E-state index contributed by atoms with van der Waals surface area (Å²) >= 11 is 0. The summed E-state index contributed by atoms with van der Waals surface area (Å²) in [5.41, 5.74) is 1.11. The largest absolute Gasteiger partial charge is 0.462 e. The molecule has 0 bridgehead atoms. The fourth-order valence-corrected chi connectivity index (χ4v) is 2.96. The van der Waals surface area contributed by atoms with Crippen molar-refractivity contribution in [2.75, 3.05) is 0 Å². The van der Waals surface area contributed by atoms with Gasteiger partial charge in [-0.1, -0.05) is 69.9 Å². The molecule has 1 saturated carbocycles. The first-order valence-corrected chi connectivity index (χ1v) is 9.00. The fraction of sp³-hybridized carbons (Fsp3) is 0.650. The van der Waals surface area contributed by atoms with Gasteiger partial charge in [-0.15, -0.1) is 0 Å². The lowest BCUT2D eigenvalue weighted by Crippen LogP contribution is -2.23. The van der Waals surface area contributed by atoms with Gasteiger partial charge in [0.25, 0.3) is 0 Å². The minimum atomic E-state index is -0.0751. The van der Waals surface area contributed by atoms with Gasteiger partial charge in [0.05, 0.1) is 5.92 Å². The molecular weight excluding hydrogens is 272 g/mol. The number of unbranched alkanes of at least 4 members (excludes halogenated alkanes) is 2.